The number of nitrogens with two attached hydrogens (primary N) is 1. The average Bonchev–Trinajstić information content (AvgIpc) is 2.47. The van der Waals surface area contributed by atoms with Gasteiger partial charge in [0.25, 0.3) is 0 Å². The molecule has 0 saturated heterocycles. The molecule has 0 aromatic carbocycles. The largest absolute Gasteiger partial charge is 0.350 e. The van der Waals surface area contributed by atoms with Gasteiger partial charge in [-0.25, -0.2) is 14.8 Å². The van der Waals surface area contributed by atoms with Gasteiger partial charge in [-0.05, 0) is 6.92 Å². The Labute approximate surface area is 79.9 Å². The number of primary amides is 1. The molecule has 0 radical (unpaired) electrons. The molecule has 6 heteroatoms. The molecule has 0 saturated carbocycles. The number of rotatable bonds is 2. The second kappa shape index (κ2) is 3.99. The van der Waals surface area contributed by atoms with E-state index in [0.717, 1.165) is 14.9 Å². The fourth-order valence-electron chi connectivity index (χ4n) is 0.638. The summed E-state index contributed by atoms with van der Waals surface area (Å²) in [7, 11) is 1.49. The summed E-state index contributed by atoms with van der Waals surface area (Å²) in [5.41, 5.74) is 4.97. The van der Waals surface area contributed by atoms with Crippen molar-refractivity contribution in [2.75, 3.05) is 7.05 Å². The van der Waals surface area contributed by atoms with E-state index in [1.807, 2.05) is 6.92 Å². The highest BCUT2D eigenvalue weighted by atomic mass is 32.1. The Morgan fingerprint density at radius 1 is 1.85 bits per heavy atom. The van der Waals surface area contributed by atoms with Crippen molar-refractivity contribution in [1.82, 2.24) is 9.99 Å². The number of aryl methyl sites for hydroxylation is 1. The Hall–Kier alpha value is -1.43. The van der Waals surface area contributed by atoms with Crippen LogP contribution in [0.3, 0.4) is 0 Å². The van der Waals surface area contributed by atoms with Gasteiger partial charge in [0.1, 0.15) is 0 Å². The predicted octanol–water partition coefficient (Wildman–Crippen LogP) is 0.796. The summed E-state index contributed by atoms with van der Waals surface area (Å²) in [5, 5.41) is 5.84. The SMILES string of the molecule is Cc1ncc(/C=N/N(C)C(N)=O)s1. The number of thiazole rings is 1. The lowest BCUT2D eigenvalue weighted by Gasteiger charge is -2.04. The minimum Gasteiger partial charge on any atom is -0.350 e. The standard InChI is InChI=1S/C7H10N4OS/c1-5-9-3-6(13-5)4-10-11(2)7(8)12/h3-4H,1-2H3,(H2,8,12)/b10-4+. The average molecular weight is 198 g/mol. The number of carbonyl (C=O) groups is 1. The maximum Gasteiger partial charge on any atom is 0.334 e. The number of aromatic nitrogens is 1. The summed E-state index contributed by atoms with van der Waals surface area (Å²) >= 11 is 1.50. The first-order valence-electron chi connectivity index (χ1n) is 3.59. The summed E-state index contributed by atoms with van der Waals surface area (Å²) in [5.74, 6) is 0. The van der Waals surface area contributed by atoms with Crippen molar-refractivity contribution < 1.29 is 4.79 Å². The van der Waals surface area contributed by atoms with Gasteiger partial charge in [0.05, 0.1) is 16.1 Å². The molecule has 0 atom stereocenters. The molecule has 2 N–H and O–H groups in total. The van der Waals surface area contributed by atoms with E-state index in [1.54, 1.807) is 12.4 Å². The molecule has 0 aliphatic heterocycles. The molecule has 1 heterocycles. The first kappa shape index (κ1) is 9.66. The van der Waals surface area contributed by atoms with E-state index in [0.29, 0.717) is 0 Å². The summed E-state index contributed by atoms with van der Waals surface area (Å²) in [4.78, 5) is 15.5. The highest BCUT2D eigenvalue weighted by Gasteiger charge is 1.98. The normalized spacial score (nSPS) is 10.6. The highest BCUT2D eigenvalue weighted by Crippen LogP contribution is 2.08. The molecular formula is C7H10N4OS. The van der Waals surface area contributed by atoms with E-state index < -0.39 is 6.03 Å². The summed E-state index contributed by atoms with van der Waals surface area (Å²) in [6, 6.07) is -0.586. The quantitative estimate of drug-likeness (QED) is 0.564. The number of nitrogens with zero attached hydrogens (tertiary/aromatic N) is 3. The van der Waals surface area contributed by atoms with Crippen molar-refractivity contribution in [3.05, 3.63) is 16.1 Å². The number of hydrogen-bond acceptors (Lipinski definition) is 4. The van der Waals surface area contributed by atoms with Crippen LogP contribution in [-0.4, -0.2) is 29.3 Å². The first-order chi connectivity index (χ1) is 6.09. The van der Waals surface area contributed by atoms with E-state index in [9.17, 15) is 4.79 Å². The highest BCUT2D eigenvalue weighted by molar-refractivity contribution is 7.13. The maximum absolute atomic E-state index is 10.5. The monoisotopic (exact) mass is 198 g/mol. The van der Waals surface area contributed by atoms with Crippen molar-refractivity contribution in [1.29, 1.82) is 0 Å². The molecule has 1 aromatic rings. The number of hydrogen-bond donors (Lipinski definition) is 1. The molecule has 0 fully saturated rings. The first-order valence-corrected chi connectivity index (χ1v) is 4.41. The van der Waals surface area contributed by atoms with Crippen LogP contribution in [-0.2, 0) is 0 Å². The molecular weight excluding hydrogens is 188 g/mol. The zero-order valence-corrected chi connectivity index (χ0v) is 8.21. The molecule has 0 spiro atoms. The van der Waals surface area contributed by atoms with Gasteiger partial charge in [0.15, 0.2) is 0 Å². The fourth-order valence-corrected chi connectivity index (χ4v) is 1.29. The lowest BCUT2D eigenvalue weighted by Crippen LogP contribution is -2.27. The van der Waals surface area contributed by atoms with Gasteiger partial charge in [-0.15, -0.1) is 11.3 Å². The molecule has 0 aliphatic carbocycles. The summed E-state index contributed by atoms with van der Waals surface area (Å²) < 4.78 is 0. The predicted molar refractivity (Wildman–Crippen MR) is 51.8 cm³/mol. The minimum atomic E-state index is -0.586. The number of carbonyl (C=O) groups excluding carboxylic acids is 1. The Bertz CT molecular complexity index is 333. The smallest absolute Gasteiger partial charge is 0.334 e. The third-order valence-corrected chi connectivity index (χ3v) is 2.16. The minimum absolute atomic E-state index is 0.586. The van der Waals surface area contributed by atoms with Gasteiger partial charge in [-0.2, -0.15) is 5.10 Å². The zero-order valence-electron chi connectivity index (χ0n) is 7.39. The van der Waals surface area contributed by atoms with E-state index in [2.05, 4.69) is 10.1 Å². The van der Waals surface area contributed by atoms with E-state index in [1.165, 1.54) is 18.4 Å². The van der Waals surface area contributed by atoms with Crippen LogP contribution in [0.1, 0.15) is 9.88 Å². The van der Waals surface area contributed by atoms with Crippen molar-refractivity contribution >= 4 is 23.6 Å². The van der Waals surface area contributed by atoms with Gasteiger partial charge >= 0.3 is 6.03 Å². The molecule has 5 nitrogen and oxygen atoms in total. The Morgan fingerprint density at radius 3 is 3.00 bits per heavy atom. The van der Waals surface area contributed by atoms with Crippen LogP contribution in [0.25, 0.3) is 0 Å². The summed E-state index contributed by atoms with van der Waals surface area (Å²) in [6.07, 6.45) is 3.24. The van der Waals surface area contributed by atoms with Crippen molar-refractivity contribution in [3.63, 3.8) is 0 Å². The Morgan fingerprint density at radius 2 is 2.54 bits per heavy atom. The van der Waals surface area contributed by atoms with Crippen LogP contribution in [0.15, 0.2) is 11.3 Å². The molecule has 0 aliphatic rings. The van der Waals surface area contributed by atoms with Crippen molar-refractivity contribution in [2.24, 2.45) is 10.8 Å². The Balaban J connectivity index is 2.63. The molecule has 70 valence electrons. The number of hydrazone groups is 1. The maximum atomic E-state index is 10.5. The fraction of sp³-hybridized carbons (Fsp3) is 0.286. The van der Waals surface area contributed by atoms with Gasteiger partial charge in [-0.1, -0.05) is 0 Å². The van der Waals surface area contributed by atoms with E-state index in [4.69, 9.17) is 5.73 Å². The van der Waals surface area contributed by atoms with Crippen molar-refractivity contribution in [3.8, 4) is 0 Å². The molecule has 0 unspecified atom stereocenters. The number of urea groups is 1. The van der Waals surface area contributed by atoms with Crippen LogP contribution in [0.2, 0.25) is 0 Å². The molecule has 13 heavy (non-hydrogen) atoms. The molecule has 0 bridgehead atoms. The van der Waals surface area contributed by atoms with Gasteiger partial charge in [0.2, 0.25) is 0 Å². The molecule has 2 amide bonds. The van der Waals surface area contributed by atoms with Crippen LogP contribution >= 0.6 is 11.3 Å². The van der Waals surface area contributed by atoms with Gasteiger partial charge < -0.3 is 5.73 Å². The lowest BCUT2D eigenvalue weighted by molar-refractivity contribution is 0.220. The Kier molecular flexibility index (Phi) is 2.97. The topological polar surface area (TPSA) is 71.6 Å². The summed E-state index contributed by atoms with van der Waals surface area (Å²) in [6.45, 7) is 1.90. The van der Waals surface area contributed by atoms with E-state index in [-0.39, 0.29) is 0 Å². The second-order valence-corrected chi connectivity index (χ2v) is 3.65. The van der Waals surface area contributed by atoms with Crippen LogP contribution < -0.4 is 5.73 Å². The van der Waals surface area contributed by atoms with Crippen LogP contribution in [0.5, 0.6) is 0 Å². The zero-order chi connectivity index (χ0) is 9.84. The lowest BCUT2D eigenvalue weighted by atomic mass is 10.6. The van der Waals surface area contributed by atoms with Gasteiger partial charge in [-0.3, -0.25) is 0 Å². The second-order valence-electron chi connectivity index (χ2n) is 2.39. The molecule has 1 rings (SSSR count). The third kappa shape index (κ3) is 2.83. The van der Waals surface area contributed by atoms with Crippen LogP contribution in [0.4, 0.5) is 4.79 Å². The third-order valence-electron chi connectivity index (χ3n) is 1.32. The van der Waals surface area contributed by atoms with Gasteiger partial charge in [0, 0.05) is 13.2 Å². The van der Waals surface area contributed by atoms with Crippen LogP contribution in [0, 0.1) is 6.92 Å². The number of amides is 2. The van der Waals surface area contributed by atoms with E-state index >= 15 is 0 Å². The van der Waals surface area contributed by atoms with Crippen molar-refractivity contribution in [2.45, 2.75) is 6.92 Å². The molecule has 1 aromatic heterocycles.